The molecule has 7 nitrogen and oxygen atoms in total. The number of amides is 1. The van der Waals surface area contributed by atoms with E-state index in [0.717, 1.165) is 28.7 Å². The molecular formula is C20H25N5O2. The molecule has 142 valence electrons. The lowest BCUT2D eigenvalue weighted by Crippen LogP contribution is -2.33. The molecule has 2 aromatic carbocycles. The minimum absolute atomic E-state index is 0.0612. The molecular weight excluding hydrogens is 342 g/mol. The Balaban J connectivity index is 1.88. The SMILES string of the molecule is Cc1cc(C(CC(=O)NCCN(C)C)n2nc3ccccc3n2)ccc1O. The molecule has 0 fully saturated rings. The average molecular weight is 367 g/mol. The second-order valence-corrected chi connectivity index (χ2v) is 6.93. The number of aryl methyl sites for hydroxylation is 1. The highest BCUT2D eigenvalue weighted by molar-refractivity contribution is 5.77. The predicted octanol–water partition coefficient (Wildman–Crippen LogP) is 2.10. The minimum atomic E-state index is -0.351. The van der Waals surface area contributed by atoms with Crippen LogP contribution < -0.4 is 5.32 Å². The normalized spacial score (nSPS) is 12.4. The van der Waals surface area contributed by atoms with Crippen LogP contribution in [0.25, 0.3) is 11.0 Å². The maximum atomic E-state index is 12.5. The zero-order valence-electron chi connectivity index (χ0n) is 15.9. The third kappa shape index (κ3) is 4.62. The Hall–Kier alpha value is -2.93. The first-order valence-corrected chi connectivity index (χ1v) is 8.96. The molecule has 0 aliphatic rings. The Bertz CT molecular complexity index is 902. The zero-order chi connectivity index (χ0) is 19.4. The minimum Gasteiger partial charge on any atom is -0.508 e. The Morgan fingerprint density at radius 2 is 1.85 bits per heavy atom. The summed E-state index contributed by atoms with van der Waals surface area (Å²) in [5.74, 6) is 0.167. The molecule has 7 heteroatoms. The summed E-state index contributed by atoms with van der Waals surface area (Å²) in [5.41, 5.74) is 3.20. The van der Waals surface area contributed by atoms with Crippen LogP contribution >= 0.6 is 0 Å². The molecule has 1 unspecified atom stereocenters. The smallest absolute Gasteiger partial charge is 0.222 e. The summed E-state index contributed by atoms with van der Waals surface area (Å²) in [4.78, 5) is 16.1. The highest BCUT2D eigenvalue weighted by Crippen LogP contribution is 2.26. The van der Waals surface area contributed by atoms with Crippen molar-refractivity contribution in [3.05, 3.63) is 53.6 Å². The maximum Gasteiger partial charge on any atom is 0.222 e. The maximum absolute atomic E-state index is 12.5. The highest BCUT2D eigenvalue weighted by atomic mass is 16.3. The van der Waals surface area contributed by atoms with Crippen LogP contribution in [-0.4, -0.2) is 58.1 Å². The van der Waals surface area contributed by atoms with Crippen LogP contribution in [0.5, 0.6) is 5.75 Å². The lowest BCUT2D eigenvalue weighted by molar-refractivity contribution is -0.121. The molecule has 1 atom stereocenters. The van der Waals surface area contributed by atoms with Crippen molar-refractivity contribution in [1.82, 2.24) is 25.2 Å². The van der Waals surface area contributed by atoms with Gasteiger partial charge in [0.1, 0.15) is 22.8 Å². The van der Waals surface area contributed by atoms with E-state index in [-0.39, 0.29) is 24.1 Å². The molecule has 0 bridgehead atoms. The number of aromatic hydroxyl groups is 1. The van der Waals surface area contributed by atoms with Gasteiger partial charge in [-0.15, -0.1) is 0 Å². The number of benzene rings is 2. The van der Waals surface area contributed by atoms with E-state index in [9.17, 15) is 9.90 Å². The first-order chi connectivity index (χ1) is 12.9. The molecule has 0 aliphatic carbocycles. The van der Waals surface area contributed by atoms with Crippen LogP contribution in [0.2, 0.25) is 0 Å². The van der Waals surface area contributed by atoms with Crippen molar-refractivity contribution in [2.45, 2.75) is 19.4 Å². The van der Waals surface area contributed by atoms with Crippen molar-refractivity contribution in [2.75, 3.05) is 27.2 Å². The van der Waals surface area contributed by atoms with Gasteiger partial charge in [0.15, 0.2) is 0 Å². The van der Waals surface area contributed by atoms with Gasteiger partial charge in [-0.25, -0.2) is 0 Å². The fraction of sp³-hybridized carbons (Fsp3) is 0.350. The molecule has 0 saturated heterocycles. The highest BCUT2D eigenvalue weighted by Gasteiger charge is 2.21. The van der Waals surface area contributed by atoms with Crippen LogP contribution in [0.1, 0.15) is 23.6 Å². The first kappa shape index (κ1) is 18.8. The molecule has 1 amide bonds. The lowest BCUT2D eigenvalue weighted by Gasteiger charge is -2.18. The van der Waals surface area contributed by atoms with Crippen molar-refractivity contribution >= 4 is 16.9 Å². The number of nitrogens with one attached hydrogen (secondary N) is 1. The van der Waals surface area contributed by atoms with Gasteiger partial charge in [-0.1, -0.05) is 24.3 Å². The molecule has 0 aliphatic heterocycles. The molecule has 3 rings (SSSR count). The fourth-order valence-corrected chi connectivity index (χ4v) is 2.90. The van der Waals surface area contributed by atoms with E-state index in [1.165, 1.54) is 0 Å². The molecule has 1 aromatic heterocycles. The van der Waals surface area contributed by atoms with Crippen LogP contribution in [-0.2, 0) is 4.79 Å². The number of rotatable bonds is 7. The summed E-state index contributed by atoms with van der Waals surface area (Å²) in [7, 11) is 3.93. The van der Waals surface area contributed by atoms with E-state index < -0.39 is 0 Å². The third-order valence-corrected chi connectivity index (χ3v) is 4.45. The van der Waals surface area contributed by atoms with Gasteiger partial charge in [-0.2, -0.15) is 15.0 Å². The molecule has 0 saturated carbocycles. The van der Waals surface area contributed by atoms with Crippen LogP contribution in [0.3, 0.4) is 0 Å². The summed E-state index contributed by atoms with van der Waals surface area (Å²) in [5, 5.41) is 21.9. The van der Waals surface area contributed by atoms with Gasteiger partial charge in [0, 0.05) is 13.1 Å². The first-order valence-electron chi connectivity index (χ1n) is 8.96. The van der Waals surface area contributed by atoms with Gasteiger partial charge >= 0.3 is 0 Å². The predicted molar refractivity (Wildman–Crippen MR) is 105 cm³/mol. The Labute approximate surface area is 158 Å². The standard InChI is InChI=1S/C20H25N5O2/c1-14-12-15(8-9-19(14)26)18(13-20(27)21-10-11-24(2)3)25-22-16-6-4-5-7-17(16)23-25/h4-9,12,18,26H,10-11,13H2,1-3H3,(H,21,27). The monoisotopic (exact) mass is 367 g/mol. The Kier molecular flexibility index (Phi) is 5.71. The van der Waals surface area contributed by atoms with E-state index in [4.69, 9.17) is 0 Å². The lowest BCUT2D eigenvalue weighted by atomic mass is 10.0. The second-order valence-electron chi connectivity index (χ2n) is 6.93. The summed E-state index contributed by atoms with van der Waals surface area (Å²) in [6, 6.07) is 12.6. The number of fused-ring (bicyclic) bond motifs is 1. The van der Waals surface area contributed by atoms with E-state index in [2.05, 4.69) is 15.5 Å². The van der Waals surface area contributed by atoms with Crippen LogP contribution in [0.15, 0.2) is 42.5 Å². The zero-order valence-corrected chi connectivity index (χ0v) is 15.9. The Morgan fingerprint density at radius 1 is 1.19 bits per heavy atom. The summed E-state index contributed by atoms with van der Waals surface area (Å²) < 4.78 is 0. The van der Waals surface area contributed by atoms with Crippen LogP contribution in [0, 0.1) is 6.92 Å². The van der Waals surface area contributed by atoms with Crippen LogP contribution in [0.4, 0.5) is 0 Å². The van der Waals surface area contributed by atoms with Gasteiger partial charge in [-0.3, -0.25) is 4.79 Å². The topological polar surface area (TPSA) is 83.3 Å². The quantitative estimate of drug-likeness (QED) is 0.668. The summed E-state index contributed by atoms with van der Waals surface area (Å²) in [6.45, 7) is 3.19. The number of phenols is 1. The molecule has 27 heavy (non-hydrogen) atoms. The summed E-state index contributed by atoms with van der Waals surface area (Å²) in [6.07, 6.45) is 0.221. The van der Waals surface area contributed by atoms with E-state index in [1.54, 1.807) is 10.9 Å². The fourth-order valence-electron chi connectivity index (χ4n) is 2.90. The number of aromatic nitrogens is 3. The Morgan fingerprint density at radius 3 is 2.44 bits per heavy atom. The van der Waals surface area contributed by atoms with Crippen molar-refractivity contribution in [1.29, 1.82) is 0 Å². The molecule has 0 radical (unpaired) electrons. The number of carbonyl (C=O) groups is 1. The van der Waals surface area contributed by atoms with Gasteiger partial charge in [0.2, 0.25) is 5.91 Å². The number of likely N-dealkylation sites (N-methyl/N-ethyl adjacent to an activating group) is 1. The van der Waals surface area contributed by atoms with Crippen molar-refractivity contribution in [2.24, 2.45) is 0 Å². The van der Waals surface area contributed by atoms with Gasteiger partial charge < -0.3 is 15.3 Å². The van der Waals surface area contributed by atoms with Gasteiger partial charge in [0.25, 0.3) is 0 Å². The molecule has 3 aromatic rings. The largest absolute Gasteiger partial charge is 0.508 e. The molecule has 0 spiro atoms. The number of phenolic OH excluding ortho intramolecular Hbond substituents is 1. The molecule has 1 heterocycles. The third-order valence-electron chi connectivity index (χ3n) is 4.45. The number of carbonyl (C=O) groups excluding carboxylic acids is 1. The van der Waals surface area contributed by atoms with E-state index in [1.807, 2.05) is 62.3 Å². The second kappa shape index (κ2) is 8.18. The number of hydrogen-bond acceptors (Lipinski definition) is 5. The molecule has 2 N–H and O–H groups in total. The summed E-state index contributed by atoms with van der Waals surface area (Å²) >= 11 is 0. The average Bonchev–Trinajstić information content (AvgIpc) is 3.05. The van der Waals surface area contributed by atoms with Crippen molar-refractivity contribution in [3.8, 4) is 5.75 Å². The van der Waals surface area contributed by atoms with E-state index >= 15 is 0 Å². The van der Waals surface area contributed by atoms with Gasteiger partial charge in [0.05, 0.1) is 6.42 Å². The number of nitrogens with zero attached hydrogens (tertiary/aromatic N) is 4. The van der Waals surface area contributed by atoms with Gasteiger partial charge in [-0.05, 0) is 50.3 Å². The number of hydrogen-bond donors (Lipinski definition) is 2. The van der Waals surface area contributed by atoms with E-state index in [0.29, 0.717) is 6.54 Å². The van der Waals surface area contributed by atoms with Crippen molar-refractivity contribution in [3.63, 3.8) is 0 Å². The van der Waals surface area contributed by atoms with Crippen molar-refractivity contribution < 1.29 is 9.90 Å².